The van der Waals surface area contributed by atoms with Crippen molar-refractivity contribution in [3.63, 3.8) is 0 Å². The predicted molar refractivity (Wildman–Crippen MR) is 79.7 cm³/mol. The molecule has 1 rings (SSSR count). The van der Waals surface area contributed by atoms with Gasteiger partial charge in [-0.05, 0) is 31.4 Å². The van der Waals surface area contributed by atoms with Crippen molar-refractivity contribution in [3.8, 4) is 5.75 Å². The minimum atomic E-state index is 0.231. The fraction of sp³-hybridized carbons (Fsp3) is 0.588. The van der Waals surface area contributed by atoms with Crippen LogP contribution in [-0.2, 0) is 11.2 Å². The Kier molecular flexibility index (Phi) is 7.95. The smallest absolute Gasteiger partial charge is 0.130 e. The van der Waals surface area contributed by atoms with Crippen LogP contribution in [0.25, 0.3) is 0 Å². The lowest BCUT2D eigenvalue weighted by Crippen LogP contribution is -2.02. The van der Waals surface area contributed by atoms with Gasteiger partial charge >= 0.3 is 0 Å². The normalized spacial score (nSPS) is 10.4. The Morgan fingerprint density at radius 3 is 2.58 bits per heavy atom. The summed E-state index contributed by atoms with van der Waals surface area (Å²) in [6.07, 6.45) is 7.61. The molecule has 0 atom stereocenters. The Labute approximate surface area is 117 Å². The van der Waals surface area contributed by atoms with Crippen LogP contribution in [0.1, 0.15) is 57.9 Å². The largest absolute Gasteiger partial charge is 0.493 e. The maximum atomic E-state index is 11.0. The van der Waals surface area contributed by atoms with E-state index in [1.807, 2.05) is 18.2 Å². The molecule has 0 fully saturated rings. The van der Waals surface area contributed by atoms with E-state index in [0.717, 1.165) is 30.8 Å². The van der Waals surface area contributed by atoms with Crippen LogP contribution in [0, 0.1) is 0 Å². The number of carbonyl (C=O) groups excluding carboxylic acids is 1. The molecule has 0 amide bonds. The van der Waals surface area contributed by atoms with Crippen molar-refractivity contribution in [3.05, 3.63) is 29.8 Å². The SMILES string of the molecule is CCCCCCCOc1ccccc1CCC(C)=O. The molecule has 0 aliphatic rings. The van der Waals surface area contributed by atoms with Crippen LogP contribution in [0.15, 0.2) is 24.3 Å². The summed E-state index contributed by atoms with van der Waals surface area (Å²) in [4.78, 5) is 11.0. The number of hydrogen-bond acceptors (Lipinski definition) is 2. The van der Waals surface area contributed by atoms with E-state index in [1.165, 1.54) is 25.7 Å². The summed E-state index contributed by atoms with van der Waals surface area (Å²) >= 11 is 0. The quantitative estimate of drug-likeness (QED) is 0.578. The molecule has 1 aromatic carbocycles. The van der Waals surface area contributed by atoms with Gasteiger partial charge in [-0.3, -0.25) is 0 Å². The van der Waals surface area contributed by atoms with E-state index in [9.17, 15) is 4.79 Å². The van der Waals surface area contributed by atoms with Crippen molar-refractivity contribution in [2.24, 2.45) is 0 Å². The van der Waals surface area contributed by atoms with Crippen LogP contribution in [0.5, 0.6) is 5.75 Å². The lowest BCUT2D eigenvalue weighted by molar-refractivity contribution is -0.116. The molecule has 0 unspecified atom stereocenters. The van der Waals surface area contributed by atoms with Gasteiger partial charge in [0.25, 0.3) is 0 Å². The van der Waals surface area contributed by atoms with Gasteiger partial charge in [0, 0.05) is 6.42 Å². The maximum absolute atomic E-state index is 11.0. The average molecular weight is 262 g/mol. The first-order valence-electron chi connectivity index (χ1n) is 7.44. The van der Waals surface area contributed by atoms with Crippen molar-refractivity contribution in [1.29, 1.82) is 0 Å². The number of rotatable bonds is 10. The monoisotopic (exact) mass is 262 g/mol. The number of ketones is 1. The van der Waals surface area contributed by atoms with Crippen molar-refractivity contribution in [2.75, 3.05) is 6.61 Å². The highest BCUT2D eigenvalue weighted by Gasteiger charge is 2.04. The van der Waals surface area contributed by atoms with Crippen molar-refractivity contribution in [2.45, 2.75) is 58.8 Å². The fourth-order valence-electron chi connectivity index (χ4n) is 2.05. The molecule has 0 bridgehead atoms. The maximum Gasteiger partial charge on any atom is 0.130 e. The standard InChI is InChI=1S/C17H26O2/c1-3-4-5-6-9-14-19-17-11-8-7-10-16(17)13-12-15(2)18/h7-8,10-11H,3-6,9,12-14H2,1-2H3. The van der Waals surface area contributed by atoms with Crippen molar-refractivity contribution >= 4 is 5.78 Å². The summed E-state index contributed by atoms with van der Waals surface area (Å²) in [6.45, 7) is 4.64. The third kappa shape index (κ3) is 7.00. The first kappa shape index (κ1) is 15.7. The van der Waals surface area contributed by atoms with Crippen LogP contribution in [0.4, 0.5) is 0 Å². The lowest BCUT2D eigenvalue weighted by Gasteiger charge is -2.10. The zero-order valence-electron chi connectivity index (χ0n) is 12.3. The molecular formula is C17H26O2. The van der Waals surface area contributed by atoms with Crippen LogP contribution in [-0.4, -0.2) is 12.4 Å². The molecule has 106 valence electrons. The first-order valence-corrected chi connectivity index (χ1v) is 7.44. The molecule has 0 saturated carbocycles. The number of Topliss-reactive ketones (excluding diaryl/α,β-unsaturated/α-hetero) is 1. The van der Waals surface area contributed by atoms with E-state index in [-0.39, 0.29) is 5.78 Å². The van der Waals surface area contributed by atoms with Gasteiger partial charge in [0.1, 0.15) is 11.5 Å². The Bertz CT molecular complexity index is 371. The highest BCUT2D eigenvalue weighted by molar-refractivity contribution is 5.75. The van der Waals surface area contributed by atoms with E-state index in [4.69, 9.17) is 4.74 Å². The molecule has 0 spiro atoms. The number of aryl methyl sites for hydroxylation is 1. The minimum absolute atomic E-state index is 0.231. The van der Waals surface area contributed by atoms with Crippen molar-refractivity contribution in [1.82, 2.24) is 0 Å². The Hall–Kier alpha value is -1.31. The van der Waals surface area contributed by atoms with E-state index in [2.05, 4.69) is 13.0 Å². The number of para-hydroxylation sites is 1. The molecule has 19 heavy (non-hydrogen) atoms. The van der Waals surface area contributed by atoms with E-state index < -0.39 is 0 Å². The second-order valence-electron chi connectivity index (χ2n) is 5.07. The summed E-state index contributed by atoms with van der Waals surface area (Å²) < 4.78 is 5.84. The molecule has 0 heterocycles. The average Bonchev–Trinajstić information content (AvgIpc) is 2.41. The molecule has 2 nitrogen and oxygen atoms in total. The number of ether oxygens (including phenoxy) is 1. The van der Waals surface area contributed by atoms with Crippen LogP contribution < -0.4 is 4.74 Å². The fourth-order valence-corrected chi connectivity index (χ4v) is 2.05. The molecule has 0 radical (unpaired) electrons. The molecule has 0 saturated heterocycles. The van der Waals surface area contributed by atoms with Gasteiger partial charge < -0.3 is 9.53 Å². The molecule has 0 N–H and O–H groups in total. The number of carbonyl (C=O) groups is 1. The number of hydrogen-bond donors (Lipinski definition) is 0. The van der Waals surface area contributed by atoms with Gasteiger partial charge in [-0.2, -0.15) is 0 Å². The summed E-state index contributed by atoms with van der Waals surface area (Å²) in [7, 11) is 0. The van der Waals surface area contributed by atoms with Crippen LogP contribution in [0.2, 0.25) is 0 Å². The third-order valence-electron chi connectivity index (χ3n) is 3.22. The van der Waals surface area contributed by atoms with Crippen molar-refractivity contribution < 1.29 is 9.53 Å². The second-order valence-corrected chi connectivity index (χ2v) is 5.07. The summed E-state index contributed by atoms with van der Waals surface area (Å²) in [6, 6.07) is 8.05. The highest BCUT2D eigenvalue weighted by atomic mass is 16.5. The summed E-state index contributed by atoms with van der Waals surface area (Å²) in [5, 5.41) is 0. The predicted octanol–water partition coefficient (Wildman–Crippen LogP) is 4.56. The summed E-state index contributed by atoms with van der Waals surface area (Å²) in [5.74, 6) is 1.17. The van der Waals surface area contributed by atoms with Gasteiger partial charge in [-0.25, -0.2) is 0 Å². The van der Waals surface area contributed by atoms with Gasteiger partial charge in [0.2, 0.25) is 0 Å². The third-order valence-corrected chi connectivity index (χ3v) is 3.22. The van der Waals surface area contributed by atoms with Gasteiger partial charge in [-0.1, -0.05) is 50.8 Å². The lowest BCUT2D eigenvalue weighted by atomic mass is 10.1. The van der Waals surface area contributed by atoms with E-state index in [1.54, 1.807) is 6.92 Å². The molecule has 1 aromatic rings. The molecule has 0 aliphatic heterocycles. The van der Waals surface area contributed by atoms with Crippen LogP contribution in [0.3, 0.4) is 0 Å². The zero-order valence-corrected chi connectivity index (χ0v) is 12.3. The Balaban J connectivity index is 2.33. The molecule has 0 aromatic heterocycles. The minimum Gasteiger partial charge on any atom is -0.493 e. The Morgan fingerprint density at radius 1 is 1.11 bits per heavy atom. The first-order chi connectivity index (χ1) is 9.24. The van der Waals surface area contributed by atoms with Gasteiger partial charge in [0.15, 0.2) is 0 Å². The second kappa shape index (κ2) is 9.60. The molecule has 2 heteroatoms. The zero-order chi connectivity index (χ0) is 13.9. The van der Waals surface area contributed by atoms with Gasteiger partial charge in [0.05, 0.1) is 6.61 Å². The summed E-state index contributed by atoms with van der Waals surface area (Å²) in [5.41, 5.74) is 1.14. The number of unbranched alkanes of at least 4 members (excludes halogenated alkanes) is 4. The molecular weight excluding hydrogens is 236 g/mol. The molecule has 0 aliphatic carbocycles. The topological polar surface area (TPSA) is 26.3 Å². The van der Waals surface area contributed by atoms with Crippen LogP contribution >= 0.6 is 0 Å². The highest BCUT2D eigenvalue weighted by Crippen LogP contribution is 2.20. The van der Waals surface area contributed by atoms with Gasteiger partial charge in [-0.15, -0.1) is 0 Å². The Morgan fingerprint density at radius 2 is 1.84 bits per heavy atom. The van der Waals surface area contributed by atoms with E-state index in [0.29, 0.717) is 6.42 Å². The van der Waals surface area contributed by atoms with E-state index >= 15 is 0 Å². The number of benzene rings is 1.